The summed E-state index contributed by atoms with van der Waals surface area (Å²) in [6.45, 7) is 3.86. The minimum Gasteiger partial charge on any atom is -0.493 e. The molecule has 0 bridgehead atoms. The molecule has 3 aromatic carbocycles. The number of rotatable bonds is 6. The van der Waals surface area contributed by atoms with Crippen LogP contribution in [-0.4, -0.2) is 36.6 Å². The number of benzene rings is 3. The summed E-state index contributed by atoms with van der Waals surface area (Å²) in [6, 6.07) is 23.3. The Kier molecular flexibility index (Phi) is 5.36. The third-order valence-electron chi connectivity index (χ3n) is 6.49. The molecule has 1 aromatic heterocycles. The van der Waals surface area contributed by atoms with Gasteiger partial charge in [0.1, 0.15) is 0 Å². The Hall–Kier alpha value is -4.06. The number of esters is 1. The van der Waals surface area contributed by atoms with Crippen molar-refractivity contribution in [3.8, 4) is 11.5 Å². The third-order valence-corrected chi connectivity index (χ3v) is 6.49. The van der Waals surface area contributed by atoms with Crippen LogP contribution in [0.5, 0.6) is 11.5 Å². The van der Waals surface area contributed by atoms with E-state index in [-0.39, 0.29) is 0 Å². The van der Waals surface area contributed by atoms with Gasteiger partial charge in [-0.2, -0.15) is 0 Å². The number of aryl methyl sites for hydroxylation is 1. The van der Waals surface area contributed by atoms with Crippen molar-refractivity contribution in [2.24, 2.45) is 4.99 Å². The smallest absolute Gasteiger partial charge is 0.341 e. The zero-order valence-corrected chi connectivity index (χ0v) is 19.6. The normalized spacial score (nSPS) is 18.5. The highest BCUT2D eigenvalue weighted by atomic mass is 16.6. The molecular weight excluding hydrogens is 428 g/mol. The summed E-state index contributed by atoms with van der Waals surface area (Å²) in [4.78, 5) is 21.9. The van der Waals surface area contributed by atoms with Gasteiger partial charge >= 0.3 is 5.97 Å². The van der Waals surface area contributed by atoms with Gasteiger partial charge in [-0.3, -0.25) is 0 Å². The molecule has 2 heterocycles. The molecule has 4 aromatic rings. The molecule has 0 radical (unpaired) electrons. The van der Waals surface area contributed by atoms with Crippen molar-refractivity contribution in [1.29, 1.82) is 0 Å². The van der Waals surface area contributed by atoms with E-state index in [1.54, 1.807) is 14.2 Å². The summed E-state index contributed by atoms with van der Waals surface area (Å²) >= 11 is 0. The summed E-state index contributed by atoms with van der Waals surface area (Å²) in [5, 5.41) is 1.04. The highest BCUT2D eigenvalue weighted by Gasteiger charge is 2.51. The molecular formula is C28H26N2O4. The van der Waals surface area contributed by atoms with Gasteiger partial charge in [0.2, 0.25) is 5.90 Å². The monoisotopic (exact) mass is 454 g/mol. The second-order valence-corrected chi connectivity index (χ2v) is 8.58. The average molecular weight is 455 g/mol. The first-order valence-corrected chi connectivity index (χ1v) is 11.1. The molecule has 5 rings (SSSR count). The van der Waals surface area contributed by atoms with E-state index in [9.17, 15) is 4.79 Å². The Morgan fingerprint density at radius 3 is 2.38 bits per heavy atom. The van der Waals surface area contributed by atoms with E-state index >= 15 is 0 Å². The quantitative estimate of drug-likeness (QED) is 0.397. The van der Waals surface area contributed by atoms with E-state index < -0.39 is 17.4 Å². The number of aliphatic imine (C=N–C) groups is 1. The molecule has 1 N–H and O–H groups in total. The highest BCUT2D eigenvalue weighted by Crippen LogP contribution is 2.46. The fourth-order valence-corrected chi connectivity index (χ4v) is 4.83. The van der Waals surface area contributed by atoms with Gasteiger partial charge in [-0.05, 0) is 55.3 Å². The molecule has 6 heteroatoms. The largest absolute Gasteiger partial charge is 0.493 e. The number of cyclic esters (lactones) is 1. The number of fused-ring (bicyclic) bond motifs is 1. The van der Waals surface area contributed by atoms with Crippen molar-refractivity contribution < 1.29 is 19.0 Å². The minimum atomic E-state index is -1.19. The Labute approximate surface area is 198 Å². The maximum Gasteiger partial charge on any atom is 0.341 e. The molecule has 0 spiro atoms. The van der Waals surface area contributed by atoms with E-state index in [0.717, 1.165) is 33.3 Å². The number of hydrogen-bond donors (Lipinski definition) is 1. The molecule has 6 nitrogen and oxygen atoms in total. The van der Waals surface area contributed by atoms with E-state index in [1.807, 2.05) is 80.6 Å². The zero-order valence-electron chi connectivity index (χ0n) is 19.6. The van der Waals surface area contributed by atoms with E-state index in [2.05, 4.69) is 11.1 Å². The number of H-pyrrole nitrogens is 1. The maximum absolute atomic E-state index is 13.5. The van der Waals surface area contributed by atoms with Crippen LogP contribution in [-0.2, 0) is 9.53 Å². The van der Waals surface area contributed by atoms with Crippen LogP contribution in [0.25, 0.3) is 10.9 Å². The van der Waals surface area contributed by atoms with Gasteiger partial charge < -0.3 is 19.2 Å². The van der Waals surface area contributed by atoms with Gasteiger partial charge in [-0.25, -0.2) is 9.79 Å². The molecule has 0 fully saturated rings. The molecule has 0 unspecified atom stereocenters. The fourth-order valence-electron chi connectivity index (χ4n) is 4.83. The Bertz CT molecular complexity index is 1410. The fraction of sp³-hybridized carbons (Fsp3) is 0.214. The number of methoxy groups -OCH3 is 2. The molecule has 0 aliphatic carbocycles. The summed E-state index contributed by atoms with van der Waals surface area (Å²) in [7, 11) is 3.20. The van der Waals surface area contributed by atoms with Gasteiger partial charge in [0.15, 0.2) is 17.0 Å². The molecule has 1 aliphatic heterocycles. The second-order valence-electron chi connectivity index (χ2n) is 8.58. The number of carbonyl (C=O) groups is 1. The first-order valence-electron chi connectivity index (χ1n) is 11.1. The Balaban J connectivity index is 1.76. The van der Waals surface area contributed by atoms with Crippen molar-refractivity contribution >= 4 is 22.8 Å². The molecule has 34 heavy (non-hydrogen) atoms. The number of ether oxygens (including phenoxy) is 3. The van der Waals surface area contributed by atoms with Crippen LogP contribution < -0.4 is 9.47 Å². The van der Waals surface area contributed by atoms with Crippen molar-refractivity contribution in [3.63, 3.8) is 0 Å². The minimum absolute atomic E-state index is 0.330. The standard InChI is InChI=1S/C28H26N2O4/c1-17-24(20-12-8-9-13-21(20)29-17)25(19-14-15-22(32-3)23(16-19)33-4)28(2)27(31)34-26(30-28)18-10-6-5-7-11-18/h5-16,25,29H,1-4H3/t25-,28+/m1/s1. The number of nitrogens with zero attached hydrogens (tertiary/aromatic N) is 1. The predicted octanol–water partition coefficient (Wildman–Crippen LogP) is 5.39. The first-order chi connectivity index (χ1) is 16.5. The number of carbonyl (C=O) groups excluding carboxylic acids is 1. The Morgan fingerprint density at radius 2 is 1.65 bits per heavy atom. The van der Waals surface area contributed by atoms with Crippen molar-refractivity contribution in [2.75, 3.05) is 14.2 Å². The van der Waals surface area contributed by atoms with Crippen molar-refractivity contribution in [1.82, 2.24) is 4.98 Å². The van der Waals surface area contributed by atoms with Crippen LogP contribution >= 0.6 is 0 Å². The van der Waals surface area contributed by atoms with Crippen LogP contribution in [0.15, 0.2) is 77.8 Å². The number of para-hydroxylation sites is 1. The lowest BCUT2D eigenvalue weighted by molar-refractivity contribution is -0.138. The van der Waals surface area contributed by atoms with E-state index in [0.29, 0.717) is 17.4 Å². The zero-order chi connectivity index (χ0) is 23.9. The lowest BCUT2D eigenvalue weighted by Crippen LogP contribution is -2.38. The number of hydrogen-bond acceptors (Lipinski definition) is 5. The molecule has 172 valence electrons. The van der Waals surface area contributed by atoms with Gasteiger partial charge in [-0.15, -0.1) is 0 Å². The number of aromatic amines is 1. The summed E-state index contributed by atoms with van der Waals surface area (Å²) in [5.41, 5.74) is 3.42. The lowest BCUT2D eigenvalue weighted by Gasteiger charge is -2.30. The molecule has 0 saturated carbocycles. The molecule has 1 aliphatic rings. The topological polar surface area (TPSA) is 72.9 Å². The second kappa shape index (κ2) is 8.37. The van der Waals surface area contributed by atoms with Crippen LogP contribution in [0.4, 0.5) is 0 Å². The summed E-state index contributed by atoms with van der Waals surface area (Å²) < 4.78 is 16.8. The van der Waals surface area contributed by atoms with Gasteiger partial charge in [-0.1, -0.05) is 42.5 Å². The molecule has 0 amide bonds. The van der Waals surface area contributed by atoms with Gasteiger partial charge in [0.05, 0.1) is 14.2 Å². The van der Waals surface area contributed by atoms with Crippen molar-refractivity contribution in [2.45, 2.75) is 25.3 Å². The SMILES string of the molecule is COc1ccc([C@H](c2c(C)[nH]c3ccccc23)[C@]2(C)N=C(c3ccccc3)OC2=O)cc1OC. The van der Waals surface area contributed by atoms with Crippen LogP contribution in [0.1, 0.15) is 35.2 Å². The molecule has 0 saturated heterocycles. The van der Waals surface area contributed by atoms with E-state index in [4.69, 9.17) is 19.2 Å². The van der Waals surface area contributed by atoms with Gasteiger partial charge in [0.25, 0.3) is 0 Å². The van der Waals surface area contributed by atoms with Gasteiger partial charge in [0, 0.05) is 28.1 Å². The van der Waals surface area contributed by atoms with Crippen LogP contribution in [0.3, 0.4) is 0 Å². The summed E-state index contributed by atoms with van der Waals surface area (Å²) in [6.07, 6.45) is 0. The third kappa shape index (κ3) is 3.43. The predicted molar refractivity (Wildman–Crippen MR) is 132 cm³/mol. The summed E-state index contributed by atoms with van der Waals surface area (Å²) in [5.74, 6) is 0.710. The van der Waals surface area contributed by atoms with Crippen molar-refractivity contribution in [3.05, 3.63) is 95.2 Å². The maximum atomic E-state index is 13.5. The van der Waals surface area contributed by atoms with Crippen LogP contribution in [0.2, 0.25) is 0 Å². The molecule has 2 atom stereocenters. The average Bonchev–Trinajstić information content (AvgIpc) is 3.35. The van der Waals surface area contributed by atoms with Crippen LogP contribution in [0, 0.1) is 6.92 Å². The first kappa shape index (κ1) is 21.8. The van der Waals surface area contributed by atoms with E-state index in [1.165, 1.54) is 0 Å². The lowest BCUT2D eigenvalue weighted by atomic mass is 9.75. The number of nitrogens with one attached hydrogen (secondary N) is 1. The number of aromatic nitrogens is 1. The Morgan fingerprint density at radius 1 is 0.941 bits per heavy atom. The highest BCUT2D eigenvalue weighted by molar-refractivity contribution is 6.08.